The number of carboxylic acid groups (broad SMARTS) is 1. The number of carboxylic acids is 1. The SMILES string of the molecule is CCC[C@@H](NC(=O)OCc1ccccc1)C(=O)N[C@H](CC(C)C)C(=O)O. The predicted octanol–water partition coefficient (Wildman–Crippen LogP) is 2.70. The van der Waals surface area contributed by atoms with Crippen LogP contribution in [0, 0.1) is 5.92 Å². The Kier molecular flexibility index (Phi) is 9.19. The lowest BCUT2D eigenvalue weighted by Gasteiger charge is -2.22. The summed E-state index contributed by atoms with van der Waals surface area (Å²) >= 11 is 0. The number of aliphatic carboxylic acids is 1. The number of alkyl carbamates (subject to hydrolysis) is 1. The number of nitrogens with one attached hydrogen (secondary N) is 2. The fraction of sp³-hybridized carbons (Fsp3) is 0.526. The van der Waals surface area contributed by atoms with Gasteiger partial charge in [0.25, 0.3) is 0 Å². The standard InChI is InChI=1S/C19H28N2O5/c1-4-8-15(17(22)20-16(18(23)24)11-13(2)3)21-19(25)26-12-14-9-6-5-7-10-14/h5-7,9-10,13,15-16H,4,8,11-12H2,1-3H3,(H,20,22)(H,21,25)(H,23,24)/t15-,16-/m1/s1. The molecule has 0 radical (unpaired) electrons. The lowest BCUT2D eigenvalue weighted by molar-refractivity contribution is -0.142. The first kappa shape index (κ1) is 21.5. The summed E-state index contributed by atoms with van der Waals surface area (Å²) in [7, 11) is 0. The van der Waals surface area contributed by atoms with E-state index in [0.29, 0.717) is 19.3 Å². The number of ether oxygens (including phenoxy) is 1. The highest BCUT2D eigenvalue weighted by atomic mass is 16.5. The van der Waals surface area contributed by atoms with Gasteiger partial charge in [0.15, 0.2) is 0 Å². The van der Waals surface area contributed by atoms with Crippen molar-refractivity contribution >= 4 is 18.0 Å². The van der Waals surface area contributed by atoms with Crippen LogP contribution in [0.4, 0.5) is 4.79 Å². The van der Waals surface area contributed by atoms with Crippen molar-refractivity contribution in [1.82, 2.24) is 10.6 Å². The Bertz CT molecular complexity index is 589. The molecule has 0 aromatic heterocycles. The molecular formula is C19H28N2O5. The Morgan fingerprint density at radius 3 is 2.27 bits per heavy atom. The van der Waals surface area contributed by atoms with Gasteiger partial charge in [0.2, 0.25) is 5.91 Å². The van der Waals surface area contributed by atoms with Crippen LogP contribution >= 0.6 is 0 Å². The van der Waals surface area contributed by atoms with Gasteiger partial charge in [0.05, 0.1) is 0 Å². The van der Waals surface area contributed by atoms with E-state index in [-0.39, 0.29) is 12.5 Å². The molecule has 0 saturated heterocycles. The Balaban J connectivity index is 2.60. The van der Waals surface area contributed by atoms with Crippen molar-refractivity contribution in [1.29, 1.82) is 0 Å². The average molecular weight is 364 g/mol. The first-order valence-corrected chi connectivity index (χ1v) is 8.83. The summed E-state index contributed by atoms with van der Waals surface area (Å²) < 4.78 is 5.13. The molecule has 2 atom stereocenters. The van der Waals surface area contributed by atoms with Crippen molar-refractivity contribution in [3.8, 4) is 0 Å². The van der Waals surface area contributed by atoms with Crippen molar-refractivity contribution in [3.05, 3.63) is 35.9 Å². The number of hydrogen-bond acceptors (Lipinski definition) is 4. The van der Waals surface area contributed by atoms with Crippen LogP contribution in [0.1, 0.15) is 45.6 Å². The third-order valence-corrected chi connectivity index (χ3v) is 3.72. The molecule has 0 aliphatic rings. The summed E-state index contributed by atoms with van der Waals surface area (Å²) in [6, 6.07) is 7.37. The van der Waals surface area contributed by atoms with E-state index in [1.165, 1.54) is 0 Å². The normalized spacial score (nSPS) is 12.9. The number of rotatable bonds is 10. The van der Waals surface area contributed by atoms with E-state index >= 15 is 0 Å². The summed E-state index contributed by atoms with van der Waals surface area (Å²) in [5.41, 5.74) is 0.835. The molecule has 7 nitrogen and oxygen atoms in total. The molecule has 144 valence electrons. The van der Waals surface area contributed by atoms with Gasteiger partial charge >= 0.3 is 12.1 Å². The van der Waals surface area contributed by atoms with Gasteiger partial charge in [-0.2, -0.15) is 0 Å². The van der Waals surface area contributed by atoms with Gasteiger partial charge in [-0.25, -0.2) is 9.59 Å². The number of hydrogen-bond donors (Lipinski definition) is 3. The van der Waals surface area contributed by atoms with Crippen LogP contribution in [-0.2, 0) is 20.9 Å². The molecule has 1 aromatic rings. The summed E-state index contributed by atoms with van der Waals surface area (Å²) in [5.74, 6) is -1.49. The maximum Gasteiger partial charge on any atom is 0.408 e. The molecule has 0 spiro atoms. The lowest BCUT2D eigenvalue weighted by Crippen LogP contribution is -2.51. The van der Waals surface area contributed by atoms with E-state index in [4.69, 9.17) is 4.74 Å². The van der Waals surface area contributed by atoms with E-state index in [1.807, 2.05) is 51.1 Å². The number of benzene rings is 1. The van der Waals surface area contributed by atoms with Crippen LogP contribution < -0.4 is 10.6 Å². The zero-order chi connectivity index (χ0) is 19.5. The van der Waals surface area contributed by atoms with E-state index in [0.717, 1.165) is 5.56 Å². The Morgan fingerprint density at radius 1 is 1.08 bits per heavy atom. The molecule has 1 rings (SSSR count). The van der Waals surface area contributed by atoms with Crippen LogP contribution in [0.3, 0.4) is 0 Å². The molecule has 3 N–H and O–H groups in total. The Morgan fingerprint density at radius 2 is 1.73 bits per heavy atom. The largest absolute Gasteiger partial charge is 0.480 e. The van der Waals surface area contributed by atoms with Crippen molar-refractivity contribution in [3.63, 3.8) is 0 Å². The van der Waals surface area contributed by atoms with Crippen molar-refractivity contribution in [2.75, 3.05) is 0 Å². The highest BCUT2D eigenvalue weighted by molar-refractivity contribution is 5.89. The number of carbonyl (C=O) groups is 3. The van der Waals surface area contributed by atoms with Crippen molar-refractivity contribution in [2.45, 2.75) is 58.7 Å². The number of amides is 2. The lowest BCUT2D eigenvalue weighted by atomic mass is 10.0. The van der Waals surface area contributed by atoms with Crippen LogP contribution in [0.25, 0.3) is 0 Å². The fourth-order valence-corrected chi connectivity index (χ4v) is 2.43. The second-order valence-corrected chi connectivity index (χ2v) is 6.58. The van der Waals surface area contributed by atoms with Gasteiger partial charge in [-0.1, -0.05) is 57.5 Å². The van der Waals surface area contributed by atoms with Crippen molar-refractivity contribution in [2.24, 2.45) is 5.92 Å². The average Bonchev–Trinajstić information content (AvgIpc) is 2.59. The first-order chi connectivity index (χ1) is 12.3. The smallest absolute Gasteiger partial charge is 0.408 e. The van der Waals surface area contributed by atoms with Gasteiger partial charge in [-0.3, -0.25) is 4.79 Å². The summed E-state index contributed by atoms with van der Waals surface area (Å²) in [6.45, 7) is 5.73. The van der Waals surface area contributed by atoms with Crippen LogP contribution in [0.15, 0.2) is 30.3 Å². The maximum atomic E-state index is 12.4. The van der Waals surface area contributed by atoms with Crippen molar-refractivity contribution < 1.29 is 24.2 Å². The minimum Gasteiger partial charge on any atom is -0.480 e. The van der Waals surface area contributed by atoms with E-state index in [9.17, 15) is 19.5 Å². The van der Waals surface area contributed by atoms with Gasteiger partial charge < -0.3 is 20.5 Å². The molecule has 0 fully saturated rings. The molecule has 2 amide bonds. The maximum absolute atomic E-state index is 12.4. The molecule has 0 heterocycles. The summed E-state index contributed by atoms with van der Waals surface area (Å²) in [4.78, 5) is 35.7. The second-order valence-electron chi connectivity index (χ2n) is 6.58. The molecule has 0 bridgehead atoms. The monoisotopic (exact) mass is 364 g/mol. The van der Waals surface area contributed by atoms with E-state index in [2.05, 4.69) is 10.6 Å². The number of carbonyl (C=O) groups excluding carboxylic acids is 2. The third-order valence-electron chi connectivity index (χ3n) is 3.72. The fourth-order valence-electron chi connectivity index (χ4n) is 2.43. The minimum atomic E-state index is -1.09. The predicted molar refractivity (Wildman–Crippen MR) is 97.5 cm³/mol. The quantitative estimate of drug-likeness (QED) is 0.592. The van der Waals surface area contributed by atoms with Gasteiger partial charge in [0, 0.05) is 0 Å². The molecule has 26 heavy (non-hydrogen) atoms. The second kappa shape index (κ2) is 11.1. The molecule has 0 aliphatic heterocycles. The zero-order valence-electron chi connectivity index (χ0n) is 15.5. The highest BCUT2D eigenvalue weighted by Gasteiger charge is 2.26. The summed E-state index contributed by atoms with van der Waals surface area (Å²) in [6.07, 6.45) is 0.649. The van der Waals surface area contributed by atoms with E-state index in [1.54, 1.807) is 0 Å². The topological polar surface area (TPSA) is 105 Å². The molecule has 7 heteroatoms. The van der Waals surface area contributed by atoms with Gasteiger partial charge in [-0.15, -0.1) is 0 Å². The third kappa shape index (κ3) is 8.00. The van der Waals surface area contributed by atoms with Gasteiger partial charge in [-0.05, 0) is 24.3 Å². The van der Waals surface area contributed by atoms with E-state index < -0.39 is 30.1 Å². The molecule has 0 unspecified atom stereocenters. The highest BCUT2D eigenvalue weighted by Crippen LogP contribution is 2.07. The Labute approximate surface area is 154 Å². The Hall–Kier alpha value is -2.57. The summed E-state index contributed by atoms with van der Waals surface area (Å²) in [5, 5.41) is 14.3. The first-order valence-electron chi connectivity index (χ1n) is 8.83. The molecule has 0 aliphatic carbocycles. The van der Waals surface area contributed by atoms with Crippen LogP contribution in [0.2, 0.25) is 0 Å². The molecule has 0 saturated carbocycles. The van der Waals surface area contributed by atoms with Crippen LogP contribution in [0.5, 0.6) is 0 Å². The van der Waals surface area contributed by atoms with Crippen LogP contribution in [-0.4, -0.2) is 35.2 Å². The zero-order valence-corrected chi connectivity index (χ0v) is 15.5. The minimum absolute atomic E-state index is 0.0955. The molecule has 1 aromatic carbocycles. The molecular weight excluding hydrogens is 336 g/mol. The van der Waals surface area contributed by atoms with Gasteiger partial charge in [0.1, 0.15) is 18.7 Å².